The Hall–Kier alpha value is -3.64. The number of methoxy groups -OCH3 is 3. The second kappa shape index (κ2) is 10.8. The average molecular weight is 549 g/mol. The number of hydrogen-bond acceptors (Lipinski definition) is 8. The predicted octanol–water partition coefficient (Wildman–Crippen LogP) is 4.01. The molecule has 0 saturated carbocycles. The fourth-order valence-electron chi connectivity index (χ4n) is 4.13. The topological polar surface area (TPSA) is 111 Å². The fraction of sp³-hybridized carbons (Fsp3) is 0.280. The van der Waals surface area contributed by atoms with Crippen LogP contribution in [0, 0.1) is 5.82 Å². The van der Waals surface area contributed by atoms with Crippen molar-refractivity contribution in [2.45, 2.75) is 24.2 Å². The van der Waals surface area contributed by atoms with Crippen LogP contribution in [-0.4, -0.2) is 48.2 Å². The van der Waals surface area contributed by atoms with Gasteiger partial charge < -0.3 is 19.5 Å². The highest BCUT2D eigenvalue weighted by Gasteiger charge is 2.31. The molecule has 9 nitrogen and oxygen atoms in total. The maximum atomic E-state index is 13.7. The Morgan fingerprint density at radius 2 is 1.73 bits per heavy atom. The lowest BCUT2D eigenvalue weighted by Crippen LogP contribution is -2.38. The van der Waals surface area contributed by atoms with Gasteiger partial charge in [-0.2, -0.15) is 0 Å². The van der Waals surface area contributed by atoms with Gasteiger partial charge in [-0.05, 0) is 61.2 Å². The van der Waals surface area contributed by atoms with Crippen molar-refractivity contribution < 1.29 is 36.6 Å². The second-order valence-electron chi connectivity index (χ2n) is 8.11. The van der Waals surface area contributed by atoms with Crippen molar-refractivity contribution >= 4 is 43.9 Å². The van der Waals surface area contributed by atoms with Crippen LogP contribution in [0.25, 0.3) is 0 Å². The van der Waals surface area contributed by atoms with Crippen LogP contribution in [-0.2, 0) is 32.4 Å². The van der Waals surface area contributed by atoms with Crippen molar-refractivity contribution in [1.29, 1.82) is 0 Å². The second-order valence-corrected chi connectivity index (χ2v) is 11.1. The standard InChI is InChI=1S/C25H25FN2O7S2/c1-33-19-12-11-17(13-20(19)34-2)37(31,32)28(16-9-7-15(26)8-10-16)14-22(29)27-24-23(25(30)35-3)18-5-4-6-21(18)36-24/h7-13H,4-6,14H2,1-3H3,(H,27,29). The zero-order valence-electron chi connectivity index (χ0n) is 20.4. The molecule has 0 spiro atoms. The molecule has 0 saturated heterocycles. The van der Waals surface area contributed by atoms with Crippen LogP contribution in [0.15, 0.2) is 47.4 Å². The van der Waals surface area contributed by atoms with E-state index >= 15 is 0 Å². The third-order valence-corrected chi connectivity index (χ3v) is 8.89. The summed E-state index contributed by atoms with van der Waals surface area (Å²) in [5.74, 6) is -1.30. The van der Waals surface area contributed by atoms with E-state index in [1.165, 1.54) is 63.0 Å². The van der Waals surface area contributed by atoms with Crippen molar-refractivity contribution in [3.05, 3.63) is 64.3 Å². The summed E-state index contributed by atoms with van der Waals surface area (Å²) in [5, 5.41) is 2.99. The van der Waals surface area contributed by atoms with Crippen LogP contribution in [0.3, 0.4) is 0 Å². The van der Waals surface area contributed by atoms with E-state index in [2.05, 4.69) is 5.32 Å². The molecule has 1 aliphatic carbocycles. The number of hydrogen-bond donors (Lipinski definition) is 1. The van der Waals surface area contributed by atoms with Crippen molar-refractivity contribution in [3.8, 4) is 11.5 Å². The van der Waals surface area contributed by atoms with Crippen LogP contribution in [0.2, 0.25) is 0 Å². The number of thiophene rings is 1. The Kier molecular flexibility index (Phi) is 7.69. The van der Waals surface area contributed by atoms with Gasteiger partial charge >= 0.3 is 5.97 Å². The fourth-order valence-corrected chi connectivity index (χ4v) is 6.86. The largest absolute Gasteiger partial charge is 0.493 e. The number of ether oxygens (including phenoxy) is 3. The molecular weight excluding hydrogens is 523 g/mol. The molecular formula is C25H25FN2O7S2. The molecule has 196 valence electrons. The maximum absolute atomic E-state index is 13.7. The van der Waals surface area contributed by atoms with E-state index in [1.54, 1.807) is 0 Å². The number of amides is 1. The van der Waals surface area contributed by atoms with E-state index < -0.39 is 34.3 Å². The van der Waals surface area contributed by atoms with Gasteiger partial charge in [0.15, 0.2) is 11.5 Å². The SMILES string of the molecule is COC(=O)c1c(NC(=O)CN(c2ccc(F)cc2)S(=O)(=O)c2ccc(OC)c(OC)c2)sc2c1CCC2. The zero-order valence-corrected chi connectivity index (χ0v) is 22.0. The molecule has 0 unspecified atom stereocenters. The van der Waals surface area contributed by atoms with E-state index in [0.717, 1.165) is 39.7 Å². The molecule has 1 aliphatic rings. The molecule has 0 aliphatic heterocycles. The zero-order chi connectivity index (χ0) is 26.7. The number of sulfonamides is 1. The van der Waals surface area contributed by atoms with E-state index in [0.29, 0.717) is 22.7 Å². The van der Waals surface area contributed by atoms with Gasteiger partial charge in [-0.3, -0.25) is 9.10 Å². The molecule has 37 heavy (non-hydrogen) atoms. The highest BCUT2D eigenvalue weighted by molar-refractivity contribution is 7.92. The highest BCUT2D eigenvalue weighted by Crippen LogP contribution is 2.39. The van der Waals surface area contributed by atoms with Gasteiger partial charge in [0.25, 0.3) is 10.0 Å². The van der Waals surface area contributed by atoms with Gasteiger partial charge in [-0.25, -0.2) is 17.6 Å². The summed E-state index contributed by atoms with van der Waals surface area (Å²) in [6.45, 7) is -0.633. The number of benzene rings is 2. The predicted molar refractivity (Wildman–Crippen MR) is 137 cm³/mol. The summed E-state index contributed by atoms with van der Waals surface area (Å²) in [6.07, 6.45) is 2.39. The van der Waals surface area contributed by atoms with E-state index in [4.69, 9.17) is 14.2 Å². The molecule has 0 bridgehead atoms. The van der Waals surface area contributed by atoms with Crippen LogP contribution >= 0.6 is 11.3 Å². The minimum atomic E-state index is -4.31. The Labute approximate surface area is 217 Å². The van der Waals surface area contributed by atoms with Crippen molar-refractivity contribution in [2.24, 2.45) is 0 Å². The number of carbonyl (C=O) groups is 2. The van der Waals surface area contributed by atoms with Crippen molar-refractivity contribution in [2.75, 3.05) is 37.5 Å². The lowest BCUT2D eigenvalue weighted by Gasteiger charge is -2.24. The van der Waals surface area contributed by atoms with Gasteiger partial charge in [0, 0.05) is 10.9 Å². The number of rotatable bonds is 9. The Bertz CT molecular complexity index is 1440. The average Bonchev–Trinajstić information content (AvgIpc) is 3.47. The van der Waals surface area contributed by atoms with Crippen LogP contribution in [0.1, 0.15) is 27.2 Å². The third kappa shape index (κ3) is 5.25. The molecule has 3 aromatic rings. The first-order chi connectivity index (χ1) is 17.7. The van der Waals surface area contributed by atoms with Crippen LogP contribution in [0.5, 0.6) is 11.5 Å². The molecule has 2 aromatic carbocycles. The number of nitrogens with one attached hydrogen (secondary N) is 1. The van der Waals surface area contributed by atoms with Gasteiger partial charge in [0.1, 0.15) is 17.4 Å². The number of esters is 1. The first-order valence-electron chi connectivity index (χ1n) is 11.2. The van der Waals surface area contributed by atoms with Crippen LogP contribution in [0.4, 0.5) is 15.1 Å². The summed E-state index contributed by atoms with van der Waals surface area (Å²) < 4.78 is 57.2. The summed E-state index contributed by atoms with van der Waals surface area (Å²) in [6, 6.07) is 8.77. The summed E-state index contributed by atoms with van der Waals surface area (Å²) in [4.78, 5) is 26.4. The number of carbonyl (C=O) groups excluding carboxylic acids is 2. The number of fused-ring (bicyclic) bond motifs is 1. The molecule has 0 fully saturated rings. The Morgan fingerprint density at radius 3 is 2.38 bits per heavy atom. The minimum absolute atomic E-state index is 0.0770. The number of aryl methyl sites for hydroxylation is 1. The van der Waals surface area contributed by atoms with Gasteiger partial charge in [0.05, 0.1) is 37.5 Å². The van der Waals surface area contributed by atoms with E-state index in [-0.39, 0.29) is 16.3 Å². The lowest BCUT2D eigenvalue weighted by atomic mass is 10.1. The van der Waals surface area contributed by atoms with E-state index in [1.807, 2.05) is 0 Å². The Morgan fingerprint density at radius 1 is 1.03 bits per heavy atom. The third-order valence-electron chi connectivity index (χ3n) is 5.91. The molecule has 4 rings (SSSR count). The quantitative estimate of drug-likeness (QED) is 0.402. The molecule has 1 heterocycles. The Balaban J connectivity index is 1.69. The molecule has 12 heteroatoms. The first-order valence-corrected chi connectivity index (χ1v) is 13.5. The maximum Gasteiger partial charge on any atom is 0.341 e. The molecule has 1 N–H and O–H groups in total. The molecule has 1 amide bonds. The lowest BCUT2D eigenvalue weighted by molar-refractivity contribution is -0.114. The number of anilines is 2. The summed E-state index contributed by atoms with van der Waals surface area (Å²) in [7, 11) is -0.258. The van der Waals surface area contributed by atoms with Gasteiger partial charge in [-0.1, -0.05) is 0 Å². The first kappa shape index (κ1) is 26.4. The van der Waals surface area contributed by atoms with Gasteiger partial charge in [0.2, 0.25) is 5.91 Å². The molecule has 0 radical (unpaired) electrons. The summed E-state index contributed by atoms with van der Waals surface area (Å²) in [5.41, 5.74) is 1.22. The number of nitrogens with zero attached hydrogens (tertiary/aromatic N) is 1. The molecule has 0 atom stereocenters. The monoisotopic (exact) mass is 548 g/mol. The number of halogens is 1. The van der Waals surface area contributed by atoms with E-state index in [9.17, 15) is 22.4 Å². The minimum Gasteiger partial charge on any atom is -0.493 e. The van der Waals surface area contributed by atoms with Gasteiger partial charge in [-0.15, -0.1) is 11.3 Å². The highest BCUT2D eigenvalue weighted by atomic mass is 32.2. The van der Waals surface area contributed by atoms with Crippen molar-refractivity contribution in [3.63, 3.8) is 0 Å². The summed E-state index contributed by atoms with van der Waals surface area (Å²) >= 11 is 1.28. The normalized spacial score (nSPS) is 12.5. The molecule has 1 aromatic heterocycles. The smallest absolute Gasteiger partial charge is 0.341 e. The van der Waals surface area contributed by atoms with Crippen LogP contribution < -0.4 is 19.1 Å². The van der Waals surface area contributed by atoms with Crippen molar-refractivity contribution in [1.82, 2.24) is 0 Å².